The monoisotopic (exact) mass is 425 g/mol. The van der Waals surface area contributed by atoms with E-state index in [4.69, 9.17) is 0 Å². The number of benzene rings is 2. The Morgan fingerprint density at radius 2 is 1.59 bits per heavy atom. The topological polar surface area (TPSA) is 12.9 Å². The third-order valence-corrected chi connectivity index (χ3v) is 6.54. The lowest BCUT2D eigenvalue weighted by Crippen LogP contribution is -2.35. The molecule has 0 unspecified atom stereocenters. The van der Waals surface area contributed by atoms with Crippen molar-refractivity contribution in [1.82, 2.24) is 13.7 Å². The Labute approximate surface area is 192 Å². The van der Waals surface area contributed by atoms with Gasteiger partial charge in [0.05, 0.1) is 19.4 Å². The maximum atomic E-state index is 3.74. The fourth-order valence-corrected chi connectivity index (χ4v) is 4.68. The summed E-state index contributed by atoms with van der Waals surface area (Å²) in [6, 6.07) is 13.3. The molecule has 3 nitrogen and oxygen atoms in total. The van der Waals surface area contributed by atoms with E-state index in [2.05, 4.69) is 130 Å². The number of para-hydroxylation sites is 2. The van der Waals surface area contributed by atoms with Gasteiger partial charge in [-0.1, -0.05) is 94.6 Å². The largest absolute Gasteiger partial charge is 0.309 e. The average molecular weight is 426 g/mol. The van der Waals surface area contributed by atoms with Crippen molar-refractivity contribution >= 4 is 11.3 Å². The highest BCUT2D eigenvalue weighted by Crippen LogP contribution is 2.37. The lowest BCUT2D eigenvalue weighted by atomic mass is 9.92. The molecule has 166 valence electrons. The molecule has 4 rings (SSSR count). The van der Waals surface area contributed by atoms with Crippen LogP contribution in [0.1, 0.15) is 75.6 Å². The second kappa shape index (κ2) is 8.46. The molecule has 0 aliphatic carbocycles. The molecule has 3 aromatic rings. The molecule has 2 heterocycles. The standard InChI is InChI=1S/C29H35N3/c1-9-21(6)26-18-32(27-22(7)12-10-15-25(26)27)29-30(8)16-17-31(29)28-23(19(2)3)13-11-14-24(28)20(4)5/h9-17,19-20H,1-8H3. The molecule has 1 aromatic heterocycles. The van der Waals surface area contributed by atoms with Gasteiger partial charge in [0.25, 0.3) is 0 Å². The molecular formula is C29H35N3. The third-order valence-electron chi connectivity index (χ3n) is 6.54. The molecule has 0 N–H and O–H groups in total. The highest BCUT2D eigenvalue weighted by atomic mass is 15.2. The fourth-order valence-electron chi connectivity index (χ4n) is 4.68. The first-order valence-electron chi connectivity index (χ1n) is 11.6. The molecule has 0 amide bonds. The molecular weight excluding hydrogens is 390 g/mol. The van der Waals surface area contributed by atoms with Crippen molar-refractivity contribution in [3.8, 4) is 5.69 Å². The normalized spacial score (nSPS) is 15.6. The van der Waals surface area contributed by atoms with Gasteiger partial charge in [-0.2, -0.15) is 0 Å². The lowest BCUT2D eigenvalue weighted by molar-refractivity contribution is 0.695. The fraction of sp³-hybridized carbons (Fsp3) is 0.345. The van der Waals surface area contributed by atoms with Gasteiger partial charge in [-0.15, -0.1) is 11.6 Å². The van der Waals surface area contributed by atoms with E-state index in [-0.39, 0.29) is 0 Å². The number of aromatic nitrogens is 2. The summed E-state index contributed by atoms with van der Waals surface area (Å²) in [4.78, 5) is 0. The Morgan fingerprint density at radius 1 is 0.969 bits per heavy atom. The van der Waals surface area contributed by atoms with Gasteiger partial charge in [-0.05, 0) is 29.9 Å². The number of aryl methyl sites for hydroxylation is 2. The summed E-state index contributed by atoms with van der Waals surface area (Å²) in [5.41, 5.74) is 11.2. The molecule has 3 heteroatoms. The zero-order valence-corrected chi connectivity index (χ0v) is 20.7. The maximum Gasteiger partial charge on any atom is 0.309 e. The molecule has 0 spiro atoms. The van der Waals surface area contributed by atoms with Gasteiger partial charge in [-0.25, -0.2) is 4.57 Å². The Morgan fingerprint density at radius 3 is 2.19 bits per heavy atom. The maximum absolute atomic E-state index is 3.74. The molecule has 1 aliphatic rings. The highest BCUT2D eigenvalue weighted by molar-refractivity contribution is 5.88. The summed E-state index contributed by atoms with van der Waals surface area (Å²) in [5, 5.41) is 0. The predicted octanol–water partition coefficient (Wildman–Crippen LogP) is 6.60. The van der Waals surface area contributed by atoms with E-state index in [0.717, 1.165) is 5.62 Å². The molecule has 1 aliphatic heterocycles. The van der Waals surface area contributed by atoms with Gasteiger partial charge in [0.1, 0.15) is 5.69 Å². The Hall–Kier alpha value is -3.07. The van der Waals surface area contributed by atoms with Crippen molar-refractivity contribution < 1.29 is 0 Å². The molecule has 2 aromatic carbocycles. The minimum Gasteiger partial charge on any atom is -0.303 e. The van der Waals surface area contributed by atoms with E-state index in [1.165, 1.54) is 44.8 Å². The SMILES string of the molecule is CC=C(C)C1=[C-][N+](=c2n(C)ccn2-c2c(C(C)C)cccc2C(C)C)c2c(C)cccc21. The van der Waals surface area contributed by atoms with Crippen LogP contribution < -0.4 is 10.2 Å². The van der Waals surface area contributed by atoms with Crippen LogP contribution in [0.3, 0.4) is 0 Å². The summed E-state index contributed by atoms with van der Waals surface area (Å²) < 4.78 is 6.83. The van der Waals surface area contributed by atoms with Crippen LogP contribution in [-0.4, -0.2) is 9.13 Å². The van der Waals surface area contributed by atoms with E-state index >= 15 is 0 Å². The van der Waals surface area contributed by atoms with Gasteiger partial charge < -0.3 is 4.58 Å². The van der Waals surface area contributed by atoms with E-state index in [0.29, 0.717) is 11.8 Å². The number of allylic oxidation sites excluding steroid dienone is 3. The first-order chi connectivity index (χ1) is 15.3. The molecule has 0 fully saturated rings. The van der Waals surface area contributed by atoms with Crippen LogP contribution in [0, 0.1) is 13.1 Å². The van der Waals surface area contributed by atoms with Crippen molar-refractivity contribution in [3.63, 3.8) is 0 Å². The van der Waals surface area contributed by atoms with Gasteiger partial charge in [0.15, 0.2) is 0 Å². The van der Waals surface area contributed by atoms with Crippen molar-refractivity contribution in [2.75, 3.05) is 0 Å². The molecule has 0 radical (unpaired) electrons. The highest BCUT2D eigenvalue weighted by Gasteiger charge is 2.23. The van der Waals surface area contributed by atoms with E-state index in [1.54, 1.807) is 0 Å². The van der Waals surface area contributed by atoms with Crippen LogP contribution in [0.2, 0.25) is 0 Å². The quantitative estimate of drug-likeness (QED) is 0.330. The Kier molecular flexibility index (Phi) is 5.85. The first-order valence-corrected chi connectivity index (χ1v) is 11.6. The molecule has 0 bridgehead atoms. The summed E-state index contributed by atoms with van der Waals surface area (Å²) in [5.74, 6) is 0.856. The molecule has 0 saturated carbocycles. The van der Waals surface area contributed by atoms with Gasteiger partial charge in [0.2, 0.25) is 0 Å². The van der Waals surface area contributed by atoms with Crippen LogP contribution in [0.5, 0.6) is 0 Å². The van der Waals surface area contributed by atoms with Gasteiger partial charge >= 0.3 is 5.62 Å². The number of rotatable bonds is 4. The van der Waals surface area contributed by atoms with Crippen LogP contribution in [-0.2, 0) is 7.05 Å². The number of fused-ring (bicyclic) bond motifs is 1. The van der Waals surface area contributed by atoms with Crippen LogP contribution >= 0.6 is 0 Å². The van der Waals surface area contributed by atoms with Crippen molar-refractivity contribution in [3.05, 3.63) is 94.5 Å². The minimum absolute atomic E-state index is 0.428. The number of nitrogens with zero attached hydrogens (tertiary/aromatic N) is 3. The Balaban J connectivity index is 2.17. The second-order valence-corrected chi connectivity index (χ2v) is 9.44. The summed E-state index contributed by atoms with van der Waals surface area (Å²) in [6.45, 7) is 15.6. The molecule has 0 atom stereocenters. The van der Waals surface area contributed by atoms with Crippen LogP contribution in [0.25, 0.3) is 11.3 Å². The Bertz CT molecular complexity index is 1280. The smallest absolute Gasteiger partial charge is 0.303 e. The zero-order valence-electron chi connectivity index (χ0n) is 20.7. The van der Waals surface area contributed by atoms with E-state index in [1.807, 2.05) is 0 Å². The van der Waals surface area contributed by atoms with Crippen molar-refractivity contribution in [2.24, 2.45) is 7.05 Å². The first kappa shape index (κ1) is 22.1. The van der Waals surface area contributed by atoms with E-state index in [9.17, 15) is 0 Å². The van der Waals surface area contributed by atoms with Gasteiger partial charge in [0, 0.05) is 11.9 Å². The summed E-state index contributed by atoms with van der Waals surface area (Å²) in [6.07, 6.45) is 10.3. The third kappa shape index (κ3) is 3.50. The predicted molar refractivity (Wildman–Crippen MR) is 135 cm³/mol. The number of imidazole rings is 1. The average Bonchev–Trinajstić information content (AvgIpc) is 3.33. The summed E-state index contributed by atoms with van der Waals surface area (Å²) in [7, 11) is 2.12. The zero-order chi connectivity index (χ0) is 23.2. The molecule has 0 saturated heterocycles. The van der Waals surface area contributed by atoms with Crippen LogP contribution in [0.15, 0.2) is 60.4 Å². The number of hydrogen-bond donors (Lipinski definition) is 0. The van der Waals surface area contributed by atoms with E-state index < -0.39 is 0 Å². The summed E-state index contributed by atoms with van der Waals surface area (Å²) >= 11 is 0. The van der Waals surface area contributed by atoms with Crippen LogP contribution in [0.4, 0.5) is 5.69 Å². The lowest BCUT2D eigenvalue weighted by Gasteiger charge is -2.19. The van der Waals surface area contributed by atoms with Crippen molar-refractivity contribution in [1.29, 1.82) is 0 Å². The van der Waals surface area contributed by atoms with Crippen molar-refractivity contribution in [2.45, 2.75) is 60.3 Å². The second-order valence-electron chi connectivity index (χ2n) is 9.44. The minimum atomic E-state index is 0.428. The number of hydrogen-bond acceptors (Lipinski definition) is 0. The van der Waals surface area contributed by atoms with Gasteiger partial charge in [-0.3, -0.25) is 4.57 Å². The molecule has 32 heavy (non-hydrogen) atoms.